The molecule has 2 aromatic carbocycles. The minimum atomic E-state index is -0.499. The molecule has 1 N–H and O–H groups in total. The summed E-state index contributed by atoms with van der Waals surface area (Å²) in [6, 6.07) is 20.0. The minimum Gasteiger partial charge on any atom is -0.376 e. The Balaban J connectivity index is 1.46. The van der Waals surface area contributed by atoms with E-state index in [-0.39, 0.29) is 22.4 Å². The SMILES string of the molecule is Cc1nn(C2C[C@H](OCc3ccccc3)[C@@H](COCc3ccccc3)S2)c(=O)[nH]c1=O. The van der Waals surface area contributed by atoms with Gasteiger partial charge in [-0.05, 0) is 18.1 Å². The number of ether oxygens (including phenoxy) is 2. The predicted octanol–water partition coefficient (Wildman–Crippen LogP) is 3.05. The molecule has 1 aliphatic rings. The molecule has 1 fully saturated rings. The molecule has 1 aliphatic heterocycles. The number of nitrogens with zero attached hydrogens (tertiary/aromatic N) is 2. The number of thioether (sulfide) groups is 1. The first kappa shape index (κ1) is 21.5. The van der Waals surface area contributed by atoms with Gasteiger partial charge in [-0.1, -0.05) is 60.7 Å². The highest BCUT2D eigenvalue weighted by Crippen LogP contribution is 2.42. The van der Waals surface area contributed by atoms with Crippen LogP contribution in [0.3, 0.4) is 0 Å². The summed E-state index contributed by atoms with van der Waals surface area (Å²) < 4.78 is 13.6. The van der Waals surface area contributed by atoms with Crippen LogP contribution in [0.15, 0.2) is 70.3 Å². The van der Waals surface area contributed by atoms with Gasteiger partial charge in [-0.25, -0.2) is 9.48 Å². The molecule has 4 rings (SSSR count). The minimum absolute atomic E-state index is 0.0401. The monoisotopic (exact) mass is 439 g/mol. The summed E-state index contributed by atoms with van der Waals surface area (Å²) in [5, 5.41) is 4.03. The molecule has 0 amide bonds. The van der Waals surface area contributed by atoms with Crippen molar-refractivity contribution in [3.63, 3.8) is 0 Å². The second-order valence-electron chi connectivity index (χ2n) is 7.49. The molecule has 2 heterocycles. The number of hydrogen-bond donors (Lipinski definition) is 1. The van der Waals surface area contributed by atoms with E-state index in [1.54, 1.807) is 18.7 Å². The lowest BCUT2D eigenvalue weighted by molar-refractivity contribution is 0.0131. The highest BCUT2D eigenvalue weighted by atomic mass is 32.2. The molecule has 1 saturated heterocycles. The Hall–Kier alpha value is -2.68. The van der Waals surface area contributed by atoms with Gasteiger partial charge in [-0.3, -0.25) is 9.78 Å². The van der Waals surface area contributed by atoms with Gasteiger partial charge >= 0.3 is 5.69 Å². The van der Waals surface area contributed by atoms with Crippen LogP contribution in [0.5, 0.6) is 0 Å². The van der Waals surface area contributed by atoms with Crippen molar-refractivity contribution in [2.45, 2.75) is 43.3 Å². The molecule has 7 nitrogen and oxygen atoms in total. The normalized spacial score (nSPS) is 20.7. The van der Waals surface area contributed by atoms with E-state index in [1.165, 1.54) is 4.68 Å². The first-order valence-corrected chi connectivity index (χ1v) is 11.2. The van der Waals surface area contributed by atoms with Crippen LogP contribution in [0, 0.1) is 6.92 Å². The van der Waals surface area contributed by atoms with E-state index in [0.717, 1.165) is 11.1 Å². The Morgan fingerprint density at radius 3 is 2.35 bits per heavy atom. The fourth-order valence-corrected chi connectivity index (χ4v) is 5.01. The number of benzene rings is 2. The number of aromatic nitrogens is 3. The van der Waals surface area contributed by atoms with Crippen molar-refractivity contribution in [3.8, 4) is 0 Å². The first-order chi connectivity index (χ1) is 15.1. The van der Waals surface area contributed by atoms with Crippen LogP contribution >= 0.6 is 11.8 Å². The van der Waals surface area contributed by atoms with Crippen molar-refractivity contribution < 1.29 is 9.47 Å². The molecule has 3 atom stereocenters. The van der Waals surface area contributed by atoms with E-state index in [0.29, 0.717) is 26.2 Å². The Labute approximate surface area is 184 Å². The molecule has 162 valence electrons. The van der Waals surface area contributed by atoms with E-state index >= 15 is 0 Å². The molecule has 0 aliphatic carbocycles. The second-order valence-corrected chi connectivity index (χ2v) is 8.91. The van der Waals surface area contributed by atoms with Crippen LogP contribution in [0.4, 0.5) is 0 Å². The lowest BCUT2D eigenvalue weighted by atomic mass is 10.2. The van der Waals surface area contributed by atoms with Crippen molar-refractivity contribution in [3.05, 3.63) is 98.3 Å². The highest BCUT2D eigenvalue weighted by Gasteiger charge is 2.38. The van der Waals surface area contributed by atoms with Crippen LogP contribution in [0.25, 0.3) is 0 Å². The Kier molecular flexibility index (Phi) is 7.01. The number of H-pyrrole nitrogens is 1. The predicted molar refractivity (Wildman–Crippen MR) is 120 cm³/mol. The number of rotatable bonds is 8. The van der Waals surface area contributed by atoms with Gasteiger partial charge in [-0.2, -0.15) is 5.10 Å². The molecule has 8 heteroatoms. The molecule has 3 aromatic rings. The van der Waals surface area contributed by atoms with E-state index < -0.39 is 11.2 Å². The lowest BCUT2D eigenvalue weighted by Crippen LogP contribution is -2.35. The van der Waals surface area contributed by atoms with Gasteiger partial charge in [0.15, 0.2) is 0 Å². The number of hydrogen-bond acceptors (Lipinski definition) is 6. The Bertz CT molecular complexity index is 1100. The number of aromatic amines is 1. The molecule has 31 heavy (non-hydrogen) atoms. The Morgan fingerprint density at radius 1 is 1.03 bits per heavy atom. The van der Waals surface area contributed by atoms with Crippen molar-refractivity contribution in [1.82, 2.24) is 14.8 Å². The fraction of sp³-hybridized carbons (Fsp3) is 0.348. The van der Waals surface area contributed by atoms with Crippen LogP contribution in [-0.4, -0.2) is 32.7 Å². The van der Waals surface area contributed by atoms with Crippen molar-refractivity contribution in [2.24, 2.45) is 0 Å². The first-order valence-electron chi connectivity index (χ1n) is 10.2. The summed E-state index contributed by atoms with van der Waals surface area (Å²) in [6.07, 6.45) is 0.502. The average molecular weight is 440 g/mol. The molecular formula is C23H25N3O4S. The van der Waals surface area contributed by atoms with Gasteiger partial charge in [0.25, 0.3) is 5.56 Å². The molecular weight excluding hydrogens is 414 g/mol. The molecule has 0 saturated carbocycles. The maximum Gasteiger partial charge on any atom is 0.345 e. The van der Waals surface area contributed by atoms with Gasteiger partial charge in [0.05, 0.1) is 31.2 Å². The van der Waals surface area contributed by atoms with Gasteiger partial charge < -0.3 is 9.47 Å². The van der Waals surface area contributed by atoms with E-state index in [9.17, 15) is 9.59 Å². The molecule has 1 aromatic heterocycles. The third kappa shape index (κ3) is 5.52. The lowest BCUT2D eigenvalue weighted by Gasteiger charge is -2.19. The van der Waals surface area contributed by atoms with Gasteiger partial charge in [0, 0.05) is 6.42 Å². The summed E-state index contributed by atoms with van der Waals surface area (Å²) in [4.78, 5) is 26.4. The van der Waals surface area contributed by atoms with E-state index in [1.807, 2.05) is 60.7 Å². The standard InChI is InChI=1S/C23H25N3O4S/c1-16-22(27)24-23(28)26(25-16)21-12-19(30-14-18-10-6-3-7-11-18)20(31-21)15-29-13-17-8-4-2-5-9-17/h2-11,19-21H,12-15H2,1H3,(H,24,27,28)/t19-,20+,21?/m0/s1. The highest BCUT2D eigenvalue weighted by molar-refractivity contribution is 8.00. The van der Waals surface area contributed by atoms with Crippen LogP contribution in [-0.2, 0) is 22.7 Å². The third-order valence-electron chi connectivity index (χ3n) is 5.17. The van der Waals surface area contributed by atoms with Crippen LogP contribution in [0.1, 0.15) is 28.6 Å². The van der Waals surface area contributed by atoms with Crippen molar-refractivity contribution in [2.75, 3.05) is 6.61 Å². The second kappa shape index (κ2) is 10.1. The maximum atomic E-state index is 12.3. The molecule has 0 spiro atoms. The summed E-state index contributed by atoms with van der Waals surface area (Å²) in [6.45, 7) is 3.09. The van der Waals surface area contributed by atoms with E-state index in [4.69, 9.17) is 9.47 Å². The van der Waals surface area contributed by atoms with Crippen molar-refractivity contribution >= 4 is 11.8 Å². The smallest absolute Gasteiger partial charge is 0.345 e. The van der Waals surface area contributed by atoms with E-state index in [2.05, 4.69) is 10.1 Å². The van der Waals surface area contributed by atoms with Gasteiger partial charge in [-0.15, -0.1) is 11.8 Å². The molecule has 1 unspecified atom stereocenters. The average Bonchev–Trinajstić information content (AvgIpc) is 3.19. The molecule has 0 radical (unpaired) electrons. The maximum absolute atomic E-state index is 12.3. The summed E-state index contributed by atoms with van der Waals surface area (Å²) in [5.41, 5.74) is 1.52. The fourth-order valence-electron chi connectivity index (χ4n) is 3.51. The quantitative estimate of drug-likeness (QED) is 0.581. The van der Waals surface area contributed by atoms with Crippen LogP contribution < -0.4 is 11.2 Å². The van der Waals surface area contributed by atoms with Crippen LogP contribution in [0.2, 0.25) is 0 Å². The largest absolute Gasteiger partial charge is 0.376 e. The topological polar surface area (TPSA) is 86.2 Å². The third-order valence-corrected chi connectivity index (χ3v) is 6.66. The zero-order chi connectivity index (χ0) is 21.6. The molecule has 0 bridgehead atoms. The zero-order valence-corrected chi connectivity index (χ0v) is 18.1. The number of nitrogens with one attached hydrogen (secondary N) is 1. The zero-order valence-electron chi connectivity index (χ0n) is 17.3. The summed E-state index contributed by atoms with van der Waals surface area (Å²) in [5.74, 6) is 0. The number of aryl methyl sites for hydroxylation is 1. The Morgan fingerprint density at radius 2 is 1.68 bits per heavy atom. The van der Waals surface area contributed by atoms with Gasteiger partial charge in [0.1, 0.15) is 11.1 Å². The van der Waals surface area contributed by atoms with Crippen molar-refractivity contribution in [1.29, 1.82) is 0 Å². The van der Waals surface area contributed by atoms with Gasteiger partial charge in [0.2, 0.25) is 0 Å². The summed E-state index contributed by atoms with van der Waals surface area (Å²) >= 11 is 1.60. The summed E-state index contributed by atoms with van der Waals surface area (Å²) in [7, 11) is 0.